The molecule has 0 amide bonds. The molecule has 0 saturated carbocycles. The molecule has 8 heteroatoms. The Morgan fingerprint density at radius 2 is 1.90 bits per heavy atom. The first-order valence-corrected chi connectivity index (χ1v) is 8.66. The van der Waals surface area contributed by atoms with Gasteiger partial charge in [-0.2, -0.15) is 0 Å². The number of halogens is 1. The van der Waals surface area contributed by atoms with Crippen LogP contribution in [0.15, 0.2) is 24.3 Å². The smallest absolute Gasteiger partial charge is 0.320 e. The number of unbranched alkanes of at least 4 members (excludes halogenated alkanes) is 1. The Balaban J connectivity index is 2.60. The summed E-state index contributed by atoms with van der Waals surface area (Å²) in [7, 11) is -3.38. The summed E-state index contributed by atoms with van der Waals surface area (Å²) in [5, 5.41) is 8.73. The van der Waals surface area contributed by atoms with Crippen molar-refractivity contribution in [1.29, 1.82) is 0 Å². The van der Waals surface area contributed by atoms with Gasteiger partial charge in [0.25, 0.3) is 0 Å². The molecule has 0 radical (unpaired) electrons. The molecule has 0 fully saturated rings. The molecule has 1 atom stereocenters. The van der Waals surface area contributed by atoms with Gasteiger partial charge < -0.3 is 10.8 Å². The van der Waals surface area contributed by atoms with Crippen LogP contribution in [0.25, 0.3) is 0 Å². The van der Waals surface area contributed by atoms with Crippen LogP contribution in [0.3, 0.4) is 0 Å². The number of aliphatic carboxylic acids is 1. The summed E-state index contributed by atoms with van der Waals surface area (Å²) in [5.74, 6) is -0.613. The maximum atomic E-state index is 11.8. The van der Waals surface area contributed by atoms with Crippen molar-refractivity contribution >= 4 is 33.3 Å². The van der Waals surface area contributed by atoms with E-state index in [-0.39, 0.29) is 12.2 Å². The van der Waals surface area contributed by atoms with Crippen LogP contribution in [-0.2, 0) is 21.2 Å². The lowest BCUT2D eigenvalue weighted by Gasteiger charge is -2.10. The first-order chi connectivity index (χ1) is 9.84. The number of nitrogens with one attached hydrogen (secondary N) is 1. The predicted molar refractivity (Wildman–Crippen MR) is 83.1 cm³/mol. The van der Waals surface area contributed by atoms with E-state index < -0.39 is 22.0 Å². The zero-order valence-corrected chi connectivity index (χ0v) is 13.0. The summed E-state index contributed by atoms with van der Waals surface area (Å²) in [5.41, 5.74) is 6.60. The SMILES string of the molecule is N[C@@H](Cc1ccc(NS(=O)(=O)CCCCCl)cc1)C(=O)O. The zero-order chi connectivity index (χ0) is 15.9. The zero-order valence-electron chi connectivity index (χ0n) is 11.5. The molecule has 1 aromatic carbocycles. The molecule has 0 saturated heterocycles. The Morgan fingerprint density at radius 3 is 2.43 bits per heavy atom. The van der Waals surface area contributed by atoms with Gasteiger partial charge in [-0.05, 0) is 37.0 Å². The maximum absolute atomic E-state index is 11.8. The Labute approximate surface area is 129 Å². The monoisotopic (exact) mass is 334 g/mol. The fraction of sp³-hybridized carbons (Fsp3) is 0.462. The number of alkyl halides is 1. The molecule has 0 aliphatic heterocycles. The molecule has 4 N–H and O–H groups in total. The molecule has 0 heterocycles. The van der Waals surface area contributed by atoms with Gasteiger partial charge in [0.1, 0.15) is 6.04 Å². The predicted octanol–water partition coefficient (Wildman–Crippen LogP) is 1.40. The van der Waals surface area contributed by atoms with Gasteiger partial charge in [0, 0.05) is 11.6 Å². The third kappa shape index (κ3) is 6.79. The van der Waals surface area contributed by atoms with Crippen molar-refractivity contribution < 1.29 is 18.3 Å². The van der Waals surface area contributed by atoms with E-state index in [1.54, 1.807) is 24.3 Å². The summed E-state index contributed by atoms with van der Waals surface area (Å²) in [6.07, 6.45) is 1.34. The van der Waals surface area contributed by atoms with Crippen molar-refractivity contribution in [3.8, 4) is 0 Å². The highest BCUT2D eigenvalue weighted by Crippen LogP contribution is 2.13. The van der Waals surface area contributed by atoms with E-state index >= 15 is 0 Å². The van der Waals surface area contributed by atoms with Gasteiger partial charge in [0.2, 0.25) is 10.0 Å². The Kier molecular flexibility index (Phi) is 6.94. The molecule has 21 heavy (non-hydrogen) atoms. The molecule has 118 valence electrons. The average Bonchev–Trinajstić information content (AvgIpc) is 2.40. The molecule has 0 bridgehead atoms. The van der Waals surface area contributed by atoms with E-state index in [0.29, 0.717) is 24.4 Å². The van der Waals surface area contributed by atoms with Crippen LogP contribution in [0.1, 0.15) is 18.4 Å². The van der Waals surface area contributed by atoms with E-state index in [1.165, 1.54) is 0 Å². The molecular formula is C13H19ClN2O4S. The van der Waals surface area contributed by atoms with E-state index in [1.807, 2.05) is 0 Å². The highest BCUT2D eigenvalue weighted by atomic mass is 35.5. The topological polar surface area (TPSA) is 109 Å². The van der Waals surface area contributed by atoms with Crippen molar-refractivity contribution in [3.63, 3.8) is 0 Å². The number of anilines is 1. The van der Waals surface area contributed by atoms with Gasteiger partial charge in [-0.1, -0.05) is 12.1 Å². The Hall–Kier alpha value is -1.31. The molecule has 0 spiro atoms. The number of nitrogens with two attached hydrogens (primary N) is 1. The summed E-state index contributed by atoms with van der Waals surface area (Å²) < 4.78 is 26.0. The second kappa shape index (κ2) is 8.21. The number of carboxylic acids is 1. The standard InChI is InChI=1S/C13H19ClN2O4S/c14-7-1-2-8-21(19,20)16-11-5-3-10(4-6-11)9-12(15)13(17)18/h3-6,12,16H,1-2,7-9,15H2,(H,17,18)/t12-/m0/s1. The molecular weight excluding hydrogens is 316 g/mol. The fourth-order valence-corrected chi connectivity index (χ4v) is 3.04. The van der Waals surface area contributed by atoms with E-state index in [4.69, 9.17) is 22.4 Å². The molecule has 1 aromatic rings. The first-order valence-electron chi connectivity index (χ1n) is 6.48. The van der Waals surface area contributed by atoms with E-state index in [9.17, 15) is 13.2 Å². The number of hydrogen-bond donors (Lipinski definition) is 3. The number of rotatable bonds is 9. The number of carboxylic acid groups (broad SMARTS) is 1. The molecule has 0 aliphatic rings. The van der Waals surface area contributed by atoms with Gasteiger partial charge in [-0.3, -0.25) is 9.52 Å². The van der Waals surface area contributed by atoms with Crippen molar-refractivity contribution in [2.24, 2.45) is 5.73 Å². The van der Waals surface area contributed by atoms with Crippen LogP contribution in [0.2, 0.25) is 0 Å². The number of sulfonamides is 1. The third-order valence-corrected chi connectivity index (χ3v) is 4.44. The lowest BCUT2D eigenvalue weighted by Crippen LogP contribution is -2.32. The quantitative estimate of drug-likeness (QED) is 0.467. The van der Waals surface area contributed by atoms with E-state index in [2.05, 4.69) is 4.72 Å². The van der Waals surface area contributed by atoms with Crippen LogP contribution < -0.4 is 10.5 Å². The third-order valence-electron chi connectivity index (χ3n) is 2.80. The minimum Gasteiger partial charge on any atom is -0.480 e. The summed E-state index contributed by atoms with van der Waals surface area (Å²) >= 11 is 5.50. The number of hydrogen-bond acceptors (Lipinski definition) is 4. The molecule has 0 aromatic heterocycles. The molecule has 0 unspecified atom stereocenters. The highest BCUT2D eigenvalue weighted by Gasteiger charge is 2.13. The van der Waals surface area contributed by atoms with Crippen molar-refractivity contribution in [3.05, 3.63) is 29.8 Å². The number of benzene rings is 1. The van der Waals surface area contributed by atoms with Crippen LogP contribution in [0.5, 0.6) is 0 Å². The normalized spacial score (nSPS) is 12.9. The number of carbonyl (C=O) groups is 1. The van der Waals surface area contributed by atoms with Gasteiger partial charge >= 0.3 is 5.97 Å². The Bertz CT molecular complexity index is 560. The van der Waals surface area contributed by atoms with Crippen molar-refractivity contribution in [2.75, 3.05) is 16.4 Å². The molecule has 0 aliphatic carbocycles. The summed E-state index contributed by atoms with van der Waals surface area (Å²) in [6.45, 7) is 0. The molecule has 1 rings (SSSR count). The fourth-order valence-electron chi connectivity index (χ4n) is 1.67. The van der Waals surface area contributed by atoms with Gasteiger partial charge in [0.05, 0.1) is 5.75 Å². The van der Waals surface area contributed by atoms with Crippen molar-refractivity contribution in [1.82, 2.24) is 0 Å². The van der Waals surface area contributed by atoms with Gasteiger partial charge in [0.15, 0.2) is 0 Å². The van der Waals surface area contributed by atoms with Crippen LogP contribution in [-0.4, -0.2) is 37.2 Å². The average molecular weight is 335 g/mol. The largest absolute Gasteiger partial charge is 0.480 e. The Morgan fingerprint density at radius 1 is 1.29 bits per heavy atom. The van der Waals surface area contributed by atoms with Crippen molar-refractivity contribution in [2.45, 2.75) is 25.3 Å². The van der Waals surface area contributed by atoms with Crippen LogP contribution in [0.4, 0.5) is 5.69 Å². The summed E-state index contributed by atoms with van der Waals surface area (Å²) in [4.78, 5) is 10.7. The van der Waals surface area contributed by atoms with Crippen LogP contribution in [0, 0.1) is 0 Å². The van der Waals surface area contributed by atoms with Gasteiger partial charge in [-0.15, -0.1) is 11.6 Å². The second-order valence-electron chi connectivity index (χ2n) is 4.66. The lowest BCUT2D eigenvalue weighted by molar-refractivity contribution is -0.138. The van der Waals surface area contributed by atoms with Crippen LogP contribution >= 0.6 is 11.6 Å². The first kappa shape index (κ1) is 17.7. The van der Waals surface area contributed by atoms with E-state index in [0.717, 1.165) is 5.56 Å². The highest BCUT2D eigenvalue weighted by molar-refractivity contribution is 7.92. The lowest BCUT2D eigenvalue weighted by atomic mass is 10.1. The maximum Gasteiger partial charge on any atom is 0.320 e. The second-order valence-corrected chi connectivity index (χ2v) is 6.88. The molecule has 6 nitrogen and oxygen atoms in total. The summed E-state index contributed by atoms with van der Waals surface area (Å²) in [6, 6.07) is 5.51. The van der Waals surface area contributed by atoms with Gasteiger partial charge in [-0.25, -0.2) is 8.42 Å². The minimum atomic E-state index is -3.38. The minimum absolute atomic E-state index is 0.0192.